The molecule has 0 spiro atoms. The predicted octanol–water partition coefficient (Wildman–Crippen LogP) is 2.40. The Balaban J connectivity index is 3.26. The SMILES string of the molecule is COCCN(CC(C)C)c1cc([N+](=O)[O-])ccc1C(=O)O. The molecule has 21 heavy (non-hydrogen) atoms. The van der Waals surface area contributed by atoms with Crippen molar-refractivity contribution >= 4 is 17.3 Å². The molecule has 0 bridgehead atoms. The number of aromatic carboxylic acids is 1. The summed E-state index contributed by atoms with van der Waals surface area (Å²) >= 11 is 0. The Labute approximate surface area is 123 Å². The van der Waals surface area contributed by atoms with E-state index in [2.05, 4.69) is 0 Å². The monoisotopic (exact) mass is 296 g/mol. The summed E-state index contributed by atoms with van der Waals surface area (Å²) in [5.41, 5.74) is 0.279. The lowest BCUT2D eigenvalue weighted by atomic mass is 10.1. The van der Waals surface area contributed by atoms with Crippen molar-refractivity contribution in [3.63, 3.8) is 0 Å². The van der Waals surface area contributed by atoms with E-state index in [1.807, 2.05) is 18.7 Å². The van der Waals surface area contributed by atoms with Crippen molar-refractivity contribution in [2.45, 2.75) is 13.8 Å². The molecule has 1 aromatic rings. The van der Waals surface area contributed by atoms with Crippen LogP contribution in [0.2, 0.25) is 0 Å². The van der Waals surface area contributed by atoms with Gasteiger partial charge in [0.2, 0.25) is 0 Å². The predicted molar refractivity (Wildman–Crippen MR) is 79.0 cm³/mol. The van der Waals surface area contributed by atoms with E-state index >= 15 is 0 Å². The van der Waals surface area contributed by atoms with Gasteiger partial charge in [-0.3, -0.25) is 10.1 Å². The molecule has 0 aromatic heterocycles. The maximum atomic E-state index is 11.3. The molecule has 0 amide bonds. The summed E-state index contributed by atoms with van der Waals surface area (Å²) in [4.78, 5) is 23.5. The van der Waals surface area contributed by atoms with Gasteiger partial charge in [0.25, 0.3) is 5.69 Å². The van der Waals surface area contributed by atoms with Gasteiger partial charge in [-0.05, 0) is 12.0 Å². The molecule has 0 aliphatic rings. The van der Waals surface area contributed by atoms with Crippen LogP contribution in [0.3, 0.4) is 0 Å². The second-order valence-corrected chi connectivity index (χ2v) is 5.10. The maximum absolute atomic E-state index is 11.3. The van der Waals surface area contributed by atoms with Gasteiger partial charge < -0.3 is 14.7 Å². The molecule has 0 aliphatic carbocycles. The minimum Gasteiger partial charge on any atom is -0.478 e. The summed E-state index contributed by atoms with van der Waals surface area (Å²) in [5.74, 6) is -0.825. The Morgan fingerprint density at radius 2 is 2.14 bits per heavy atom. The molecule has 0 saturated carbocycles. The number of nitrogens with zero attached hydrogens (tertiary/aromatic N) is 2. The van der Waals surface area contributed by atoms with Gasteiger partial charge in [0, 0.05) is 32.3 Å². The highest BCUT2D eigenvalue weighted by molar-refractivity contribution is 5.95. The summed E-state index contributed by atoms with van der Waals surface area (Å²) < 4.78 is 5.03. The van der Waals surface area contributed by atoms with Crippen LogP contribution in [0.1, 0.15) is 24.2 Å². The molecule has 116 valence electrons. The van der Waals surface area contributed by atoms with Gasteiger partial charge in [0.1, 0.15) is 0 Å². The van der Waals surface area contributed by atoms with Gasteiger partial charge in [0.15, 0.2) is 0 Å². The molecule has 0 atom stereocenters. The van der Waals surface area contributed by atoms with Crippen LogP contribution < -0.4 is 4.90 Å². The van der Waals surface area contributed by atoms with Gasteiger partial charge in [-0.1, -0.05) is 13.8 Å². The molecule has 0 heterocycles. The number of rotatable bonds is 8. The first kappa shape index (κ1) is 16.9. The number of hydrogen-bond donors (Lipinski definition) is 1. The number of carbonyl (C=O) groups is 1. The smallest absolute Gasteiger partial charge is 0.337 e. The second-order valence-electron chi connectivity index (χ2n) is 5.10. The summed E-state index contributed by atoms with van der Waals surface area (Å²) in [6.45, 7) is 5.46. The Morgan fingerprint density at radius 3 is 2.62 bits per heavy atom. The van der Waals surface area contributed by atoms with Crippen LogP contribution in [0.15, 0.2) is 18.2 Å². The third-order valence-corrected chi connectivity index (χ3v) is 2.91. The zero-order valence-electron chi connectivity index (χ0n) is 12.4. The third kappa shape index (κ3) is 4.71. The van der Waals surface area contributed by atoms with E-state index in [9.17, 15) is 20.0 Å². The average Bonchev–Trinajstić information content (AvgIpc) is 2.42. The number of ether oxygens (including phenoxy) is 1. The Kier molecular flexibility index (Phi) is 6.10. The Morgan fingerprint density at radius 1 is 1.48 bits per heavy atom. The Hall–Kier alpha value is -2.15. The number of carboxylic acid groups (broad SMARTS) is 1. The van der Waals surface area contributed by atoms with Crippen molar-refractivity contribution < 1.29 is 19.6 Å². The molecule has 0 fully saturated rings. The minimum atomic E-state index is -1.11. The van der Waals surface area contributed by atoms with Gasteiger partial charge >= 0.3 is 5.97 Å². The molecule has 1 aromatic carbocycles. The van der Waals surface area contributed by atoms with Crippen LogP contribution in [0, 0.1) is 16.0 Å². The number of nitro groups is 1. The summed E-state index contributed by atoms with van der Waals surface area (Å²) in [7, 11) is 1.55. The molecule has 0 radical (unpaired) electrons. The number of anilines is 1. The Bertz CT molecular complexity index is 516. The number of methoxy groups -OCH3 is 1. The van der Waals surface area contributed by atoms with Crippen LogP contribution in [0.5, 0.6) is 0 Å². The lowest BCUT2D eigenvalue weighted by molar-refractivity contribution is -0.384. The zero-order chi connectivity index (χ0) is 16.0. The van der Waals surface area contributed by atoms with Crippen molar-refractivity contribution in [2.24, 2.45) is 5.92 Å². The second kappa shape index (κ2) is 7.58. The molecule has 1 rings (SSSR count). The maximum Gasteiger partial charge on any atom is 0.337 e. The molecule has 7 heteroatoms. The summed E-state index contributed by atoms with van der Waals surface area (Å²) in [6.07, 6.45) is 0. The molecule has 0 aliphatic heterocycles. The topological polar surface area (TPSA) is 92.9 Å². The van der Waals surface area contributed by atoms with Gasteiger partial charge in [-0.2, -0.15) is 0 Å². The lowest BCUT2D eigenvalue weighted by Gasteiger charge is -2.27. The largest absolute Gasteiger partial charge is 0.478 e. The van der Waals surface area contributed by atoms with Gasteiger partial charge in [0.05, 0.1) is 22.8 Å². The van der Waals surface area contributed by atoms with Crippen molar-refractivity contribution in [1.29, 1.82) is 0 Å². The zero-order valence-corrected chi connectivity index (χ0v) is 12.4. The highest BCUT2D eigenvalue weighted by atomic mass is 16.6. The standard InChI is InChI=1S/C14H20N2O5/c1-10(2)9-15(6-7-21-3)13-8-11(16(19)20)4-5-12(13)14(17)18/h4-5,8,10H,6-7,9H2,1-3H3,(H,17,18). The van der Waals surface area contributed by atoms with E-state index in [-0.39, 0.29) is 17.2 Å². The first-order valence-corrected chi connectivity index (χ1v) is 6.62. The fourth-order valence-electron chi connectivity index (χ4n) is 2.03. The fourth-order valence-corrected chi connectivity index (χ4v) is 2.03. The molecule has 1 N–H and O–H groups in total. The van der Waals surface area contributed by atoms with Crippen LogP contribution in [0.4, 0.5) is 11.4 Å². The van der Waals surface area contributed by atoms with Crippen LogP contribution >= 0.6 is 0 Å². The minimum absolute atomic E-state index is 0.0531. The molecule has 0 saturated heterocycles. The van der Waals surface area contributed by atoms with E-state index in [1.165, 1.54) is 18.2 Å². The molecule has 0 unspecified atom stereocenters. The lowest BCUT2D eigenvalue weighted by Crippen LogP contribution is -2.32. The van der Waals surface area contributed by atoms with E-state index in [0.29, 0.717) is 25.4 Å². The summed E-state index contributed by atoms with van der Waals surface area (Å²) in [6, 6.07) is 3.79. The van der Waals surface area contributed by atoms with Crippen molar-refractivity contribution in [1.82, 2.24) is 0 Å². The van der Waals surface area contributed by atoms with Crippen LogP contribution in [-0.4, -0.2) is 42.8 Å². The van der Waals surface area contributed by atoms with Crippen molar-refractivity contribution in [3.05, 3.63) is 33.9 Å². The van der Waals surface area contributed by atoms with Gasteiger partial charge in [-0.15, -0.1) is 0 Å². The highest BCUT2D eigenvalue weighted by Crippen LogP contribution is 2.27. The quantitative estimate of drug-likeness (QED) is 0.585. The molecular weight excluding hydrogens is 276 g/mol. The molecule has 7 nitrogen and oxygen atoms in total. The van der Waals surface area contributed by atoms with E-state index in [1.54, 1.807) is 7.11 Å². The number of non-ortho nitro benzene ring substituents is 1. The normalized spacial score (nSPS) is 10.7. The number of carboxylic acids is 1. The third-order valence-electron chi connectivity index (χ3n) is 2.91. The van der Waals surface area contributed by atoms with Crippen LogP contribution in [0.25, 0.3) is 0 Å². The fraction of sp³-hybridized carbons (Fsp3) is 0.500. The first-order chi connectivity index (χ1) is 9.86. The molecular formula is C14H20N2O5. The number of benzene rings is 1. The number of hydrogen-bond acceptors (Lipinski definition) is 5. The van der Waals surface area contributed by atoms with E-state index in [0.717, 1.165) is 0 Å². The highest BCUT2D eigenvalue weighted by Gasteiger charge is 2.20. The van der Waals surface area contributed by atoms with Gasteiger partial charge in [-0.25, -0.2) is 4.79 Å². The van der Waals surface area contributed by atoms with Crippen molar-refractivity contribution in [3.8, 4) is 0 Å². The van der Waals surface area contributed by atoms with Crippen molar-refractivity contribution in [2.75, 3.05) is 31.7 Å². The van der Waals surface area contributed by atoms with Crippen LogP contribution in [-0.2, 0) is 4.74 Å². The summed E-state index contributed by atoms with van der Waals surface area (Å²) in [5, 5.41) is 20.2. The van der Waals surface area contributed by atoms with E-state index < -0.39 is 10.9 Å². The number of nitro benzene ring substituents is 1. The average molecular weight is 296 g/mol. The first-order valence-electron chi connectivity index (χ1n) is 6.62. The van der Waals surface area contributed by atoms with E-state index in [4.69, 9.17) is 4.74 Å².